The normalized spacial score (nSPS) is 11.5. The minimum Gasteiger partial charge on any atom is -0.348 e. The molecule has 2 rings (SSSR count). The molecule has 0 radical (unpaired) electrons. The molecule has 0 aliphatic heterocycles. The third-order valence-electron chi connectivity index (χ3n) is 3.28. The highest BCUT2D eigenvalue weighted by Gasteiger charge is 2.16. The summed E-state index contributed by atoms with van der Waals surface area (Å²) in [6.45, 7) is 8.69. The summed E-state index contributed by atoms with van der Waals surface area (Å²) in [5.41, 5.74) is 2.71. The smallest absolute Gasteiger partial charge is 0.254 e. The molecule has 21 heavy (non-hydrogen) atoms. The minimum absolute atomic E-state index is 0.104. The zero-order valence-corrected chi connectivity index (χ0v) is 14.4. The number of rotatable bonds is 3. The molecule has 0 saturated heterocycles. The standard InChI is InChI=1S/C16H20BrN3O/c1-11-7-14(17)6-5-12(11)8-18-15(21)13-9-19-20(10-13)16(2,3)4/h5-7,9-10H,8H2,1-4H3,(H,18,21). The van der Waals surface area contributed by atoms with Gasteiger partial charge in [-0.1, -0.05) is 22.0 Å². The summed E-state index contributed by atoms with van der Waals surface area (Å²) < 4.78 is 2.84. The number of aryl methyl sites for hydroxylation is 1. The van der Waals surface area contributed by atoms with Crippen LogP contribution in [0.4, 0.5) is 0 Å². The number of benzene rings is 1. The van der Waals surface area contributed by atoms with Crippen LogP contribution in [-0.2, 0) is 12.1 Å². The van der Waals surface area contributed by atoms with Crippen LogP contribution in [0.2, 0.25) is 0 Å². The molecule has 0 spiro atoms. The number of hydrogen-bond donors (Lipinski definition) is 1. The van der Waals surface area contributed by atoms with Crippen LogP contribution >= 0.6 is 15.9 Å². The van der Waals surface area contributed by atoms with Crippen molar-refractivity contribution in [1.82, 2.24) is 15.1 Å². The van der Waals surface area contributed by atoms with Crippen molar-refractivity contribution < 1.29 is 4.79 Å². The molecule has 112 valence electrons. The van der Waals surface area contributed by atoms with Crippen molar-refractivity contribution >= 4 is 21.8 Å². The molecule has 0 unspecified atom stereocenters. The van der Waals surface area contributed by atoms with E-state index in [0.29, 0.717) is 12.1 Å². The second-order valence-electron chi connectivity index (χ2n) is 6.10. The molecular weight excluding hydrogens is 330 g/mol. The first-order valence-corrected chi connectivity index (χ1v) is 7.65. The summed E-state index contributed by atoms with van der Waals surface area (Å²) in [7, 11) is 0. The number of carbonyl (C=O) groups is 1. The zero-order valence-electron chi connectivity index (χ0n) is 12.8. The molecule has 0 atom stereocenters. The van der Waals surface area contributed by atoms with Crippen molar-refractivity contribution in [3.8, 4) is 0 Å². The quantitative estimate of drug-likeness (QED) is 0.919. The molecule has 1 amide bonds. The van der Waals surface area contributed by atoms with E-state index >= 15 is 0 Å². The van der Waals surface area contributed by atoms with Crippen LogP contribution in [0, 0.1) is 6.92 Å². The highest BCUT2D eigenvalue weighted by atomic mass is 79.9. The van der Waals surface area contributed by atoms with Gasteiger partial charge in [-0.2, -0.15) is 5.10 Å². The monoisotopic (exact) mass is 349 g/mol. The van der Waals surface area contributed by atoms with E-state index in [1.165, 1.54) is 0 Å². The van der Waals surface area contributed by atoms with Crippen molar-refractivity contribution in [1.29, 1.82) is 0 Å². The van der Waals surface area contributed by atoms with Gasteiger partial charge in [0, 0.05) is 17.2 Å². The van der Waals surface area contributed by atoms with Gasteiger partial charge >= 0.3 is 0 Å². The molecule has 1 aromatic carbocycles. The highest BCUT2D eigenvalue weighted by Crippen LogP contribution is 2.16. The first-order valence-electron chi connectivity index (χ1n) is 6.86. The summed E-state index contributed by atoms with van der Waals surface area (Å²) in [6.07, 6.45) is 3.39. The summed E-state index contributed by atoms with van der Waals surface area (Å²) >= 11 is 3.44. The average Bonchev–Trinajstić information content (AvgIpc) is 2.87. The lowest BCUT2D eigenvalue weighted by Gasteiger charge is -2.18. The fourth-order valence-corrected chi connectivity index (χ4v) is 2.42. The molecule has 0 aliphatic rings. The molecule has 1 heterocycles. The molecule has 0 saturated carbocycles. The maximum absolute atomic E-state index is 12.2. The summed E-state index contributed by atoms with van der Waals surface area (Å²) in [5.74, 6) is -0.104. The topological polar surface area (TPSA) is 46.9 Å². The number of hydrogen-bond acceptors (Lipinski definition) is 2. The largest absolute Gasteiger partial charge is 0.348 e. The lowest BCUT2D eigenvalue weighted by atomic mass is 10.1. The fraction of sp³-hybridized carbons (Fsp3) is 0.375. The van der Waals surface area contributed by atoms with Crippen molar-refractivity contribution in [2.45, 2.75) is 39.8 Å². The predicted molar refractivity (Wildman–Crippen MR) is 87.3 cm³/mol. The van der Waals surface area contributed by atoms with Gasteiger partial charge in [0.1, 0.15) is 0 Å². The van der Waals surface area contributed by atoms with Crippen LogP contribution in [0.15, 0.2) is 35.1 Å². The second-order valence-corrected chi connectivity index (χ2v) is 7.01. The number of amides is 1. The van der Waals surface area contributed by atoms with Crippen molar-refractivity contribution in [2.75, 3.05) is 0 Å². The molecule has 2 aromatic rings. The van der Waals surface area contributed by atoms with Crippen LogP contribution in [0.3, 0.4) is 0 Å². The Labute approximate surface area is 133 Å². The van der Waals surface area contributed by atoms with Gasteiger partial charge in [-0.15, -0.1) is 0 Å². The first kappa shape index (κ1) is 15.8. The van der Waals surface area contributed by atoms with Gasteiger partial charge in [-0.3, -0.25) is 9.48 Å². The Balaban J connectivity index is 2.03. The molecular formula is C16H20BrN3O. The Morgan fingerprint density at radius 3 is 2.67 bits per heavy atom. The number of nitrogens with one attached hydrogen (secondary N) is 1. The number of halogens is 1. The minimum atomic E-state index is -0.124. The van der Waals surface area contributed by atoms with Gasteiger partial charge in [0.05, 0.1) is 17.3 Å². The van der Waals surface area contributed by atoms with Gasteiger partial charge in [0.15, 0.2) is 0 Å². The Hall–Kier alpha value is -1.62. The van der Waals surface area contributed by atoms with Crippen LogP contribution in [-0.4, -0.2) is 15.7 Å². The first-order chi connectivity index (χ1) is 9.77. The van der Waals surface area contributed by atoms with Crippen LogP contribution in [0.5, 0.6) is 0 Å². The van der Waals surface area contributed by atoms with Gasteiger partial charge in [0.25, 0.3) is 5.91 Å². The van der Waals surface area contributed by atoms with Gasteiger partial charge in [0.2, 0.25) is 0 Å². The molecule has 1 N–H and O–H groups in total. The highest BCUT2D eigenvalue weighted by molar-refractivity contribution is 9.10. The number of nitrogens with zero attached hydrogens (tertiary/aromatic N) is 2. The van der Waals surface area contributed by atoms with Crippen LogP contribution < -0.4 is 5.32 Å². The Kier molecular flexibility index (Phi) is 4.52. The Bertz CT molecular complexity index is 656. The third-order valence-corrected chi connectivity index (χ3v) is 3.77. The van der Waals surface area contributed by atoms with E-state index in [-0.39, 0.29) is 11.4 Å². The maximum atomic E-state index is 12.2. The molecule has 5 heteroatoms. The second kappa shape index (κ2) is 6.02. The molecule has 0 aliphatic carbocycles. The predicted octanol–water partition coefficient (Wildman–Crippen LogP) is 3.64. The van der Waals surface area contributed by atoms with Crippen molar-refractivity contribution in [3.05, 3.63) is 51.8 Å². The summed E-state index contributed by atoms with van der Waals surface area (Å²) in [5, 5.41) is 7.18. The van der Waals surface area contributed by atoms with Gasteiger partial charge < -0.3 is 5.32 Å². The molecule has 4 nitrogen and oxygen atoms in total. The fourth-order valence-electron chi connectivity index (χ4n) is 1.94. The summed E-state index contributed by atoms with van der Waals surface area (Å²) in [4.78, 5) is 12.2. The van der Waals surface area contributed by atoms with Crippen LogP contribution in [0.25, 0.3) is 0 Å². The summed E-state index contributed by atoms with van der Waals surface area (Å²) in [6, 6.07) is 6.03. The lowest BCUT2D eigenvalue weighted by Crippen LogP contribution is -2.24. The van der Waals surface area contributed by atoms with E-state index < -0.39 is 0 Å². The van der Waals surface area contributed by atoms with Gasteiger partial charge in [-0.05, 0) is 51.0 Å². The molecule has 0 fully saturated rings. The van der Waals surface area contributed by atoms with E-state index in [1.54, 1.807) is 17.1 Å². The molecule has 1 aromatic heterocycles. The number of carbonyl (C=O) groups excluding carboxylic acids is 1. The van der Waals surface area contributed by atoms with Crippen molar-refractivity contribution in [2.24, 2.45) is 0 Å². The van der Waals surface area contributed by atoms with E-state index in [2.05, 4.69) is 26.3 Å². The average molecular weight is 350 g/mol. The van der Waals surface area contributed by atoms with E-state index in [0.717, 1.165) is 15.6 Å². The van der Waals surface area contributed by atoms with E-state index in [9.17, 15) is 4.79 Å². The zero-order chi connectivity index (χ0) is 15.6. The SMILES string of the molecule is Cc1cc(Br)ccc1CNC(=O)c1cnn(C(C)(C)C)c1. The third kappa shape index (κ3) is 3.94. The van der Waals surface area contributed by atoms with E-state index in [1.807, 2.05) is 45.9 Å². The van der Waals surface area contributed by atoms with Crippen molar-refractivity contribution in [3.63, 3.8) is 0 Å². The lowest BCUT2D eigenvalue weighted by molar-refractivity contribution is 0.0950. The molecule has 0 bridgehead atoms. The van der Waals surface area contributed by atoms with E-state index in [4.69, 9.17) is 0 Å². The maximum Gasteiger partial charge on any atom is 0.254 e. The van der Waals surface area contributed by atoms with Crippen LogP contribution in [0.1, 0.15) is 42.3 Å². The Morgan fingerprint density at radius 1 is 1.38 bits per heavy atom. The number of aromatic nitrogens is 2. The Morgan fingerprint density at radius 2 is 2.10 bits per heavy atom. The van der Waals surface area contributed by atoms with Gasteiger partial charge in [-0.25, -0.2) is 0 Å².